The zero-order valence-corrected chi connectivity index (χ0v) is 10.7. The molecule has 0 bridgehead atoms. The first-order valence-corrected chi connectivity index (χ1v) is 6.06. The molecule has 0 N–H and O–H groups in total. The molecule has 0 fully saturated rings. The molecule has 5 nitrogen and oxygen atoms in total. The van der Waals surface area contributed by atoms with Crippen LogP contribution in [0.25, 0.3) is 0 Å². The van der Waals surface area contributed by atoms with E-state index in [1.165, 1.54) is 6.07 Å². The second-order valence-corrected chi connectivity index (χ2v) is 4.12. The molecule has 0 radical (unpaired) electrons. The minimum absolute atomic E-state index is 0.107. The topological polar surface area (TPSA) is 76.2 Å². The molecule has 0 aromatic heterocycles. The Kier molecular flexibility index (Phi) is 4.30. The highest BCUT2D eigenvalue weighted by molar-refractivity contribution is 5.40. The maximum Gasteiger partial charge on any atom is 0.272 e. The second-order valence-electron chi connectivity index (χ2n) is 4.12. The van der Waals surface area contributed by atoms with Crippen molar-refractivity contribution in [2.45, 2.75) is 6.42 Å². The lowest BCUT2D eigenvalue weighted by molar-refractivity contribution is -0.385. The smallest absolute Gasteiger partial charge is 0.272 e. The molecule has 20 heavy (non-hydrogen) atoms. The van der Waals surface area contributed by atoms with Crippen LogP contribution in [0.15, 0.2) is 48.5 Å². The van der Waals surface area contributed by atoms with Gasteiger partial charge in [-0.3, -0.25) is 10.1 Å². The molecule has 0 aliphatic heterocycles. The Morgan fingerprint density at radius 2 is 1.85 bits per heavy atom. The number of nitro benzene ring substituents is 1. The molecule has 0 atom stereocenters. The van der Waals surface area contributed by atoms with Gasteiger partial charge in [0.2, 0.25) is 0 Å². The molecule has 0 spiro atoms. The maximum absolute atomic E-state index is 10.9. The van der Waals surface area contributed by atoms with Crippen LogP contribution >= 0.6 is 0 Å². The molecule has 0 saturated heterocycles. The number of para-hydroxylation sites is 1. The molecular formula is C15H12N2O3. The van der Waals surface area contributed by atoms with Gasteiger partial charge in [-0.15, -0.1) is 0 Å². The summed E-state index contributed by atoms with van der Waals surface area (Å²) in [5, 5.41) is 19.5. The third-order valence-corrected chi connectivity index (χ3v) is 2.81. The van der Waals surface area contributed by atoms with E-state index in [1.807, 2.05) is 6.07 Å². The summed E-state index contributed by atoms with van der Waals surface area (Å²) in [5.74, 6) is 0.641. The Morgan fingerprint density at radius 1 is 1.15 bits per heavy atom. The third kappa shape index (κ3) is 3.33. The molecule has 2 aromatic rings. The predicted molar refractivity (Wildman–Crippen MR) is 73.5 cm³/mol. The van der Waals surface area contributed by atoms with Gasteiger partial charge in [0, 0.05) is 18.1 Å². The first kappa shape index (κ1) is 13.6. The van der Waals surface area contributed by atoms with Gasteiger partial charge in [-0.05, 0) is 24.3 Å². The van der Waals surface area contributed by atoms with E-state index in [-0.39, 0.29) is 5.69 Å². The minimum Gasteiger partial charge on any atom is -0.493 e. The predicted octanol–water partition coefficient (Wildman–Crippen LogP) is 3.09. The Balaban J connectivity index is 1.96. The van der Waals surface area contributed by atoms with E-state index in [0.717, 1.165) is 0 Å². The van der Waals surface area contributed by atoms with E-state index < -0.39 is 4.92 Å². The lowest BCUT2D eigenvalue weighted by atomic mass is 10.1. The zero-order chi connectivity index (χ0) is 14.4. The van der Waals surface area contributed by atoms with Crippen molar-refractivity contribution in [3.05, 3.63) is 69.8 Å². The first-order valence-electron chi connectivity index (χ1n) is 6.06. The average molecular weight is 268 g/mol. The molecule has 2 rings (SSSR count). The van der Waals surface area contributed by atoms with E-state index in [1.54, 1.807) is 42.5 Å². The van der Waals surface area contributed by atoms with Gasteiger partial charge in [0.15, 0.2) is 0 Å². The van der Waals surface area contributed by atoms with Gasteiger partial charge in [-0.2, -0.15) is 5.26 Å². The lowest BCUT2D eigenvalue weighted by Crippen LogP contribution is -2.03. The van der Waals surface area contributed by atoms with E-state index >= 15 is 0 Å². The van der Waals surface area contributed by atoms with Gasteiger partial charge in [0.05, 0.1) is 23.2 Å². The summed E-state index contributed by atoms with van der Waals surface area (Å²) in [6.07, 6.45) is 0.456. The Hall–Kier alpha value is -2.87. The molecule has 0 aliphatic rings. The maximum atomic E-state index is 10.9. The fourth-order valence-corrected chi connectivity index (χ4v) is 1.80. The van der Waals surface area contributed by atoms with Crippen molar-refractivity contribution in [3.8, 4) is 11.8 Å². The number of rotatable bonds is 5. The number of hydrogen-bond donors (Lipinski definition) is 0. The van der Waals surface area contributed by atoms with Gasteiger partial charge in [-0.1, -0.05) is 18.2 Å². The minimum atomic E-state index is -0.392. The van der Waals surface area contributed by atoms with Gasteiger partial charge in [-0.25, -0.2) is 0 Å². The number of nitrogens with zero attached hydrogens (tertiary/aromatic N) is 2. The van der Waals surface area contributed by atoms with Crippen LogP contribution in [0.1, 0.15) is 11.1 Å². The van der Waals surface area contributed by atoms with Crippen LogP contribution in [-0.2, 0) is 6.42 Å². The molecule has 0 aliphatic carbocycles. The second kappa shape index (κ2) is 6.34. The standard InChI is InChI=1S/C15H12N2O3/c16-11-12-5-7-14(8-6-12)20-10-9-13-3-1-2-4-15(13)17(18)19/h1-8H,9-10H2. The molecule has 2 aromatic carbocycles. The summed E-state index contributed by atoms with van der Waals surface area (Å²) in [5.41, 5.74) is 1.32. The fraction of sp³-hybridized carbons (Fsp3) is 0.133. The van der Waals surface area contributed by atoms with Crippen molar-refractivity contribution in [2.75, 3.05) is 6.61 Å². The summed E-state index contributed by atoms with van der Waals surface area (Å²) in [4.78, 5) is 10.5. The van der Waals surface area contributed by atoms with Crippen LogP contribution in [0.2, 0.25) is 0 Å². The van der Waals surface area contributed by atoms with Crippen molar-refractivity contribution in [2.24, 2.45) is 0 Å². The van der Waals surface area contributed by atoms with Crippen LogP contribution in [-0.4, -0.2) is 11.5 Å². The first-order chi connectivity index (χ1) is 9.70. The molecule has 0 amide bonds. The van der Waals surface area contributed by atoms with Crippen LogP contribution in [0.5, 0.6) is 5.75 Å². The molecule has 0 heterocycles. The summed E-state index contributed by atoms with van der Waals surface area (Å²) < 4.78 is 5.51. The van der Waals surface area contributed by atoms with Crippen LogP contribution in [0.4, 0.5) is 5.69 Å². The van der Waals surface area contributed by atoms with Crippen molar-refractivity contribution in [3.63, 3.8) is 0 Å². The number of ether oxygens (including phenoxy) is 1. The highest BCUT2D eigenvalue weighted by atomic mass is 16.6. The zero-order valence-electron chi connectivity index (χ0n) is 10.7. The van der Waals surface area contributed by atoms with Gasteiger partial charge in [0.1, 0.15) is 5.75 Å². The van der Waals surface area contributed by atoms with E-state index in [0.29, 0.717) is 29.9 Å². The summed E-state index contributed by atoms with van der Waals surface area (Å²) in [6.45, 7) is 0.344. The van der Waals surface area contributed by atoms with Crippen molar-refractivity contribution < 1.29 is 9.66 Å². The molecule has 0 unspecified atom stereocenters. The SMILES string of the molecule is N#Cc1ccc(OCCc2ccccc2[N+](=O)[O-])cc1. The summed E-state index contributed by atoms with van der Waals surface area (Å²) >= 11 is 0. The van der Waals surface area contributed by atoms with E-state index in [4.69, 9.17) is 10.00 Å². The van der Waals surface area contributed by atoms with Crippen molar-refractivity contribution in [1.29, 1.82) is 5.26 Å². The summed E-state index contributed by atoms with van der Waals surface area (Å²) in [6, 6.07) is 15.4. The van der Waals surface area contributed by atoms with Gasteiger partial charge < -0.3 is 4.74 Å². The fourth-order valence-electron chi connectivity index (χ4n) is 1.80. The van der Waals surface area contributed by atoms with Crippen LogP contribution in [0.3, 0.4) is 0 Å². The summed E-state index contributed by atoms with van der Waals surface area (Å²) in [7, 11) is 0. The van der Waals surface area contributed by atoms with Crippen molar-refractivity contribution >= 4 is 5.69 Å². The monoisotopic (exact) mass is 268 g/mol. The number of hydrogen-bond acceptors (Lipinski definition) is 4. The van der Waals surface area contributed by atoms with Gasteiger partial charge in [0.25, 0.3) is 5.69 Å². The largest absolute Gasteiger partial charge is 0.493 e. The van der Waals surface area contributed by atoms with E-state index in [2.05, 4.69) is 0 Å². The number of nitriles is 1. The number of benzene rings is 2. The Morgan fingerprint density at radius 3 is 2.50 bits per heavy atom. The van der Waals surface area contributed by atoms with Crippen LogP contribution in [0, 0.1) is 21.4 Å². The van der Waals surface area contributed by atoms with Crippen molar-refractivity contribution in [1.82, 2.24) is 0 Å². The number of nitro groups is 1. The average Bonchev–Trinajstić information content (AvgIpc) is 2.48. The quantitative estimate of drug-likeness (QED) is 0.616. The molecule has 0 saturated carbocycles. The Bertz CT molecular complexity index is 645. The third-order valence-electron chi connectivity index (χ3n) is 2.81. The molecule has 100 valence electrons. The van der Waals surface area contributed by atoms with E-state index in [9.17, 15) is 10.1 Å². The van der Waals surface area contributed by atoms with Crippen LogP contribution < -0.4 is 4.74 Å². The normalized spacial score (nSPS) is 9.75. The molecule has 5 heteroatoms. The Labute approximate surface area is 116 Å². The molecular weight excluding hydrogens is 256 g/mol. The lowest BCUT2D eigenvalue weighted by Gasteiger charge is -2.06. The highest BCUT2D eigenvalue weighted by Crippen LogP contribution is 2.19. The highest BCUT2D eigenvalue weighted by Gasteiger charge is 2.11. The van der Waals surface area contributed by atoms with Gasteiger partial charge >= 0.3 is 0 Å².